The minimum absolute atomic E-state index is 0.393. The molecule has 1 radical (unpaired) electrons. The highest BCUT2D eigenvalue weighted by Crippen LogP contribution is 2.45. The van der Waals surface area contributed by atoms with Crippen molar-refractivity contribution < 1.29 is 0 Å². The molecule has 0 spiro atoms. The Kier molecular flexibility index (Phi) is 6.96. The van der Waals surface area contributed by atoms with E-state index in [9.17, 15) is 0 Å². The summed E-state index contributed by atoms with van der Waals surface area (Å²) in [7, 11) is 0. The topological polar surface area (TPSA) is 0 Å². The van der Waals surface area contributed by atoms with Crippen LogP contribution in [0.4, 0.5) is 0 Å². The zero-order chi connectivity index (χ0) is 14.6. The Bertz CT molecular complexity index is 219. The fourth-order valence-electron chi connectivity index (χ4n) is 2.78. The summed E-state index contributed by atoms with van der Waals surface area (Å²) in [5, 5.41) is 0. The monoisotopic (exact) mass is 253 g/mol. The quantitative estimate of drug-likeness (QED) is 0.485. The predicted molar refractivity (Wildman–Crippen MR) is 84.6 cm³/mol. The van der Waals surface area contributed by atoms with Crippen LogP contribution in [0.5, 0.6) is 0 Å². The van der Waals surface area contributed by atoms with Crippen molar-refractivity contribution in [1.29, 1.82) is 0 Å². The molecular formula is C18H37. The number of rotatable bonds is 7. The molecule has 0 bridgehead atoms. The average molecular weight is 253 g/mol. The lowest BCUT2D eigenvalue weighted by molar-refractivity contribution is 0.145. The van der Waals surface area contributed by atoms with Gasteiger partial charge in [-0.1, -0.05) is 68.7 Å². The molecule has 0 nitrogen and oxygen atoms in total. The van der Waals surface area contributed by atoms with Crippen molar-refractivity contribution in [3.05, 3.63) is 5.92 Å². The van der Waals surface area contributed by atoms with Crippen LogP contribution in [0.15, 0.2) is 0 Å². The van der Waals surface area contributed by atoms with Gasteiger partial charge in [0.05, 0.1) is 0 Å². The molecule has 2 unspecified atom stereocenters. The summed E-state index contributed by atoms with van der Waals surface area (Å²) in [5.41, 5.74) is 0.825. The van der Waals surface area contributed by atoms with Crippen LogP contribution in [0.1, 0.15) is 88.0 Å². The van der Waals surface area contributed by atoms with Gasteiger partial charge in [0.25, 0.3) is 0 Å². The van der Waals surface area contributed by atoms with Gasteiger partial charge < -0.3 is 0 Å². The van der Waals surface area contributed by atoms with Gasteiger partial charge in [-0.2, -0.15) is 0 Å². The Morgan fingerprint density at radius 2 is 1.39 bits per heavy atom. The Morgan fingerprint density at radius 1 is 0.889 bits per heavy atom. The van der Waals surface area contributed by atoms with Gasteiger partial charge in [-0.05, 0) is 47.8 Å². The molecule has 0 heteroatoms. The summed E-state index contributed by atoms with van der Waals surface area (Å²) in [6, 6.07) is 0. The summed E-state index contributed by atoms with van der Waals surface area (Å²) in [5.74, 6) is 3.32. The van der Waals surface area contributed by atoms with E-state index in [1.807, 2.05) is 0 Å². The Hall–Kier alpha value is 0. The zero-order valence-electron chi connectivity index (χ0n) is 14.5. The first-order chi connectivity index (χ1) is 8.07. The fourth-order valence-corrected chi connectivity index (χ4v) is 2.78. The standard InChI is InChI=1S/C18H37/c1-10-12-16(11-2)18(8,9)15(4)13-14(3)17(5,6)7/h14-15H,10-13H2,1-9H3. The third-order valence-corrected chi connectivity index (χ3v) is 5.31. The molecule has 0 aliphatic rings. The van der Waals surface area contributed by atoms with Crippen LogP contribution >= 0.6 is 0 Å². The molecule has 0 aromatic carbocycles. The molecule has 0 aliphatic heterocycles. The van der Waals surface area contributed by atoms with Crippen LogP contribution in [-0.4, -0.2) is 0 Å². The Balaban J connectivity index is 4.68. The minimum atomic E-state index is 0.393. The molecular weight excluding hydrogens is 216 g/mol. The largest absolute Gasteiger partial charge is 0.0654 e. The van der Waals surface area contributed by atoms with E-state index in [4.69, 9.17) is 0 Å². The molecule has 0 aliphatic carbocycles. The lowest BCUT2D eigenvalue weighted by atomic mass is 9.63. The van der Waals surface area contributed by atoms with Crippen molar-refractivity contribution >= 4 is 0 Å². The van der Waals surface area contributed by atoms with Gasteiger partial charge in [-0.3, -0.25) is 0 Å². The van der Waals surface area contributed by atoms with E-state index in [0.717, 1.165) is 11.8 Å². The summed E-state index contributed by atoms with van der Waals surface area (Å²) in [4.78, 5) is 0. The molecule has 0 fully saturated rings. The van der Waals surface area contributed by atoms with Crippen LogP contribution in [0, 0.1) is 28.6 Å². The van der Waals surface area contributed by atoms with Gasteiger partial charge in [-0.25, -0.2) is 0 Å². The summed E-state index contributed by atoms with van der Waals surface area (Å²) < 4.78 is 0. The second-order valence-corrected chi connectivity index (χ2v) is 7.83. The Morgan fingerprint density at radius 3 is 1.72 bits per heavy atom. The third-order valence-electron chi connectivity index (χ3n) is 5.31. The van der Waals surface area contributed by atoms with Crippen LogP contribution in [0.3, 0.4) is 0 Å². The van der Waals surface area contributed by atoms with Crippen molar-refractivity contribution in [2.45, 2.75) is 88.0 Å². The average Bonchev–Trinajstić information content (AvgIpc) is 2.23. The van der Waals surface area contributed by atoms with Crippen LogP contribution in [0.2, 0.25) is 0 Å². The molecule has 0 N–H and O–H groups in total. The van der Waals surface area contributed by atoms with Gasteiger partial charge in [0.15, 0.2) is 0 Å². The summed E-state index contributed by atoms with van der Waals surface area (Å²) in [6.45, 7) is 21.5. The van der Waals surface area contributed by atoms with Gasteiger partial charge in [0, 0.05) is 0 Å². The minimum Gasteiger partial charge on any atom is -0.0654 e. The molecule has 0 rings (SSSR count). The van der Waals surface area contributed by atoms with E-state index in [-0.39, 0.29) is 0 Å². The zero-order valence-corrected chi connectivity index (χ0v) is 14.5. The molecule has 0 saturated carbocycles. The summed E-state index contributed by atoms with van der Waals surface area (Å²) in [6.07, 6.45) is 5.17. The lowest BCUT2D eigenvalue weighted by Crippen LogP contribution is -2.32. The number of hydrogen-bond acceptors (Lipinski definition) is 0. The first-order valence-electron chi connectivity index (χ1n) is 7.92. The van der Waals surface area contributed by atoms with E-state index in [2.05, 4.69) is 62.3 Å². The first-order valence-corrected chi connectivity index (χ1v) is 7.92. The Labute approximate surface area is 117 Å². The highest BCUT2D eigenvalue weighted by atomic mass is 14.4. The van der Waals surface area contributed by atoms with E-state index < -0.39 is 0 Å². The smallest absolute Gasteiger partial charge is 0.0185 e. The van der Waals surface area contributed by atoms with E-state index in [1.165, 1.54) is 25.7 Å². The number of hydrogen-bond donors (Lipinski definition) is 0. The molecule has 109 valence electrons. The SMILES string of the molecule is CCC[C](CC)C(C)(C)C(C)CC(C)C(C)(C)C. The summed E-state index contributed by atoms with van der Waals surface area (Å²) >= 11 is 0. The van der Waals surface area contributed by atoms with Crippen molar-refractivity contribution in [3.63, 3.8) is 0 Å². The molecule has 2 atom stereocenters. The second kappa shape index (κ2) is 6.96. The van der Waals surface area contributed by atoms with Gasteiger partial charge in [-0.15, -0.1) is 0 Å². The fraction of sp³-hybridized carbons (Fsp3) is 0.944. The lowest BCUT2D eigenvalue weighted by Gasteiger charge is -2.42. The molecule has 0 aromatic rings. The maximum atomic E-state index is 2.46. The predicted octanol–water partition coefficient (Wildman–Crippen LogP) is 6.51. The van der Waals surface area contributed by atoms with Gasteiger partial charge in [0.2, 0.25) is 0 Å². The van der Waals surface area contributed by atoms with Gasteiger partial charge >= 0.3 is 0 Å². The van der Waals surface area contributed by atoms with Crippen molar-refractivity contribution in [2.75, 3.05) is 0 Å². The van der Waals surface area contributed by atoms with Crippen LogP contribution < -0.4 is 0 Å². The maximum absolute atomic E-state index is 2.46. The van der Waals surface area contributed by atoms with E-state index in [1.54, 1.807) is 5.92 Å². The highest BCUT2D eigenvalue weighted by Gasteiger charge is 2.35. The molecule has 18 heavy (non-hydrogen) atoms. The third kappa shape index (κ3) is 4.94. The first kappa shape index (κ1) is 18.0. The molecule has 0 amide bonds. The van der Waals surface area contributed by atoms with Crippen LogP contribution in [-0.2, 0) is 0 Å². The molecule has 0 saturated heterocycles. The van der Waals surface area contributed by atoms with Crippen molar-refractivity contribution in [3.8, 4) is 0 Å². The maximum Gasteiger partial charge on any atom is -0.0185 e. The van der Waals surface area contributed by atoms with Crippen molar-refractivity contribution in [2.24, 2.45) is 22.7 Å². The highest BCUT2D eigenvalue weighted by molar-refractivity contribution is 5.04. The van der Waals surface area contributed by atoms with E-state index >= 15 is 0 Å². The van der Waals surface area contributed by atoms with Crippen molar-refractivity contribution in [1.82, 2.24) is 0 Å². The second-order valence-electron chi connectivity index (χ2n) is 7.83. The van der Waals surface area contributed by atoms with E-state index in [0.29, 0.717) is 10.8 Å². The molecule has 0 aromatic heterocycles. The van der Waals surface area contributed by atoms with Crippen LogP contribution in [0.25, 0.3) is 0 Å². The normalized spacial score (nSPS) is 17.0. The van der Waals surface area contributed by atoms with Gasteiger partial charge in [0.1, 0.15) is 0 Å². The molecule has 0 heterocycles.